The molecular weight excluding hydrogens is 242 g/mol. The number of rotatable bonds is 8. The molecule has 1 radical (unpaired) electrons. The van der Waals surface area contributed by atoms with Gasteiger partial charge in [-0.1, -0.05) is 12.1 Å². The summed E-state index contributed by atoms with van der Waals surface area (Å²) in [5, 5.41) is 0. The molecule has 1 aromatic carbocycles. The van der Waals surface area contributed by atoms with E-state index < -0.39 is 10.0 Å². The lowest BCUT2D eigenvalue weighted by Gasteiger charge is -2.07. The first-order valence-electron chi connectivity index (χ1n) is 5.19. The van der Waals surface area contributed by atoms with Crippen LogP contribution in [0.5, 0.6) is 0 Å². The van der Waals surface area contributed by atoms with Gasteiger partial charge >= 0.3 is 0 Å². The Morgan fingerprint density at radius 1 is 1.24 bits per heavy atom. The van der Waals surface area contributed by atoms with Crippen molar-refractivity contribution in [1.29, 1.82) is 0 Å². The third-order valence-corrected chi connectivity index (χ3v) is 3.45. The van der Waals surface area contributed by atoms with Crippen LogP contribution in [0.1, 0.15) is 0 Å². The highest BCUT2D eigenvalue weighted by atomic mass is 32.2. The standard InChI is InChI=1S/C11H16NO4S/c1-15-9-10-16-8-7-12-17(13,14)11-5-3-2-4-6-11/h3-6,12H,7-10H2,1H3. The summed E-state index contributed by atoms with van der Waals surface area (Å²) in [5.74, 6) is 0. The fraction of sp³-hybridized carbons (Fsp3) is 0.455. The number of methoxy groups -OCH3 is 1. The summed E-state index contributed by atoms with van der Waals surface area (Å²) in [6.07, 6.45) is 0. The zero-order valence-electron chi connectivity index (χ0n) is 9.68. The summed E-state index contributed by atoms with van der Waals surface area (Å²) in [6, 6.07) is 8.87. The highest BCUT2D eigenvalue weighted by Gasteiger charge is 2.11. The summed E-state index contributed by atoms with van der Waals surface area (Å²) in [5.41, 5.74) is 0. The Morgan fingerprint density at radius 3 is 2.59 bits per heavy atom. The van der Waals surface area contributed by atoms with E-state index in [4.69, 9.17) is 9.47 Å². The highest BCUT2D eigenvalue weighted by molar-refractivity contribution is 7.89. The topological polar surface area (TPSA) is 64.6 Å². The van der Waals surface area contributed by atoms with E-state index in [1.165, 1.54) is 12.1 Å². The number of sulfonamides is 1. The van der Waals surface area contributed by atoms with Crippen molar-refractivity contribution in [2.45, 2.75) is 4.90 Å². The van der Waals surface area contributed by atoms with Crippen molar-refractivity contribution in [3.05, 3.63) is 30.3 Å². The van der Waals surface area contributed by atoms with E-state index in [0.717, 1.165) is 0 Å². The summed E-state index contributed by atoms with van der Waals surface area (Å²) in [6.45, 7) is 1.52. The third kappa shape index (κ3) is 5.27. The highest BCUT2D eigenvalue weighted by Crippen LogP contribution is 2.05. The third-order valence-electron chi connectivity index (χ3n) is 1.97. The SMILES string of the molecule is COCCOCCNS(=O)(=O)c1cc[c]cc1. The molecule has 0 atom stereocenters. The summed E-state index contributed by atoms with van der Waals surface area (Å²) >= 11 is 0. The maximum atomic E-state index is 11.7. The van der Waals surface area contributed by atoms with Crippen molar-refractivity contribution in [2.24, 2.45) is 0 Å². The van der Waals surface area contributed by atoms with Crippen LogP contribution in [0.4, 0.5) is 0 Å². The van der Waals surface area contributed by atoms with E-state index in [1.807, 2.05) is 0 Å². The average molecular weight is 258 g/mol. The van der Waals surface area contributed by atoms with Gasteiger partial charge in [0, 0.05) is 13.7 Å². The van der Waals surface area contributed by atoms with Crippen molar-refractivity contribution >= 4 is 10.0 Å². The van der Waals surface area contributed by atoms with Crippen LogP contribution in [-0.2, 0) is 19.5 Å². The number of benzene rings is 1. The molecule has 17 heavy (non-hydrogen) atoms. The van der Waals surface area contributed by atoms with Crippen LogP contribution in [0.25, 0.3) is 0 Å². The molecule has 0 amide bonds. The molecule has 95 valence electrons. The van der Waals surface area contributed by atoms with Crippen LogP contribution in [0.15, 0.2) is 29.2 Å². The molecule has 0 fully saturated rings. The lowest BCUT2D eigenvalue weighted by molar-refractivity contribution is 0.0736. The lowest BCUT2D eigenvalue weighted by atomic mass is 10.4. The molecule has 6 heteroatoms. The van der Waals surface area contributed by atoms with Gasteiger partial charge in [-0.15, -0.1) is 0 Å². The van der Waals surface area contributed by atoms with Gasteiger partial charge in [-0.05, 0) is 18.2 Å². The van der Waals surface area contributed by atoms with E-state index in [9.17, 15) is 8.42 Å². The molecule has 1 aromatic rings. The van der Waals surface area contributed by atoms with Gasteiger partial charge in [0.05, 0.1) is 24.7 Å². The predicted molar refractivity (Wildman–Crippen MR) is 63.2 cm³/mol. The molecule has 0 heterocycles. The molecule has 5 nitrogen and oxygen atoms in total. The molecule has 0 aromatic heterocycles. The van der Waals surface area contributed by atoms with Crippen molar-refractivity contribution in [3.63, 3.8) is 0 Å². The molecule has 1 rings (SSSR count). The normalized spacial score (nSPS) is 11.6. The quantitative estimate of drug-likeness (QED) is 0.687. The van der Waals surface area contributed by atoms with Crippen LogP contribution in [0.2, 0.25) is 0 Å². The Kier molecular flexibility index (Phi) is 6.13. The summed E-state index contributed by atoms with van der Waals surface area (Å²) in [4.78, 5) is 0.230. The van der Waals surface area contributed by atoms with Crippen molar-refractivity contribution in [3.8, 4) is 0 Å². The molecule has 0 bridgehead atoms. The second kappa shape index (κ2) is 7.39. The minimum Gasteiger partial charge on any atom is -0.382 e. The molecule has 0 saturated carbocycles. The van der Waals surface area contributed by atoms with E-state index in [2.05, 4.69) is 10.8 Å². The van der Waals surface area contributed by atoms with Crippen LogP contribution >= 0.6 is 0 Å². The number of hydrogen-bond acceptors (Lipinski definition) is 4. The number of hydrogen-bond donors (Lipinski definition) is 1. The van der Waals surface area contributed by atoms with Gasteiger partial charge in [-0.3, -0.25) is 0 Å². The first-order valence-corrected chi connectivity index (χ1v) is 6.67. The van der Waals surface area contributed by atoms with Gasteiger partial charge < -0.3 is 9.47 Å². The molecular formula is C11H16NO4S. The summed E-state index contributed by atoms with van der Waals surface area (Å²) in [7, 11) is -1.85. The van der Waals surface area contributed by atoms with Crippen LogP contribution in [0.3, 0.4) is 0 Å². The van der Waals surface area contributed by atoms with Crippen LogP contribution in [0, 0.1) is 6.07 Å². The molecule has 0 aliphatic rings. The smallest absolute Gasteiger partial charge is 0.240 e. The molecule has 0 aliphatic heterocycles. The van der Waals surface area contributed by atoms with E-state index in [1.54, 1.807) is 19.2 Å². The van der Waals surface area contributed by atoms with E-state index in [-0.39, 0.29) is 11.4 Å². The minimum atomic E-state index is -3.43. The van der Waals surface area contributed by atoms with Gasteiger partial charge in [-0.2, -0.15) is 0 Å². The maximum Gasteiger partial charge on any atom is 0.240 e. The van der Waals surface area contributed by atoms with E-state index >= 15 is 0 Å². The minimum absolute atomic E-state index is 0.230. The van der Waals surface area contributed by atoms with Gasteiger partial charge in [0.1, 0.15) is 0 Å². The molecule has 0 aliphatic carbocycles. The number of nitrogens with one attached hydrogen (secondary N) is 1. The fourth-order valence-corrected chi connectivity index (χ4v) is 2.14. The maximum absolute atomic E-state index is 11.7. The first-order chi connectivity index (χ1) is 8.17. The van der Waals surface area contributed by atoms with E-state index in [0.29, 0.717) is 19.8 Å². The summed E-state index contributed by atoms with van der Waals surface area (Å²) < 4.78 is 35.8. The monoisotopic (exact) mass is 258 g/mol. The molecule has 1 N–H and O–H groups in total. The zero-order chi connectivity index (χ0) is 12.6. The Bertz CT molecular complexity index is 405. The second-order valence-electron chi connectivity index (χ2n) is 3.24. The Morgan fingerprint density at radius 2 is 1.94 bits per heavy atom. The molecule has 0 saturated heterocycles. The Labute approximate surface area is 102 Å². The Hall–Kier alpha value is -0.950. The van der Waals surface area contributed by atoms with Crippen molar-refractivity contribution in [1.82, 2.24) is 4.72 Å². The fourth-order valence-electron chi connectivity index (χ4n) is 1.13. The molecule has 0 unspecified atom stereocenters. The van der Waals surface area contributed by atoms with Crippen molar-refractivity contribution in [2.75, 3.05) is 33.5 Å². The first kappa shape index (κ1) is 14.1. The van der Waals surface area contributed by atoms with Crippen LogP contribution in [-0.4, -0.2) is 41.9 Å². The van der Waals surface area contributed by atoms with Gasteiger partial charge in [-0.25, -0.2) is 13.1 Å². The second-order valence-corrected chi connectivity index (χ2v) is 5.01. The van der Waals surface area contributed by atoms with Gasteiger partial charge in [0.15, 0.2) is 0 Å². The Balaban J connectivity index is 2.31. The van der Waals surface area contributed by atoms with Gasteiger partial charge in [0.25, 0.3) is 0 Å². The predicted octanol–water partition coefficient (Wildman–Crippen LogP) is 0.428. The van der Waals surface area contributed by atoms with Crippen LogP contribution < -0.4 is 4.72 Å². The largest absolute Gasteiger partial charge is 0.382 e. The molecule has 0 spiro atoms. The van der Waals surface area contributed by atoms with Crippen molar-refractivity contribution < 1.29 is 17.9 Å². The lowest BCUT2D eigenvalue weighted by Crippen LogP contribution is -2.27. The zero-order valence-corrected chi connectivity index (χ0v) is 10.5. The number of ether oxygens (including phenoxy) is 2. The average Bonchev–Trinajstić information content (AvgIpc) is 2.35. The van der Waals surface area contributed by atoms with Gasteiger partial charge in [0.2, 0.25) is 10.0 Å².